The highest BCUT2D eigenvalue weighted by Crippen LogP contribution is 2.21. The monoisotopic (exact) mass is 328 g/mol. The Bertz CT molecular complexity index is 562. The van der Waals surface area contributed by atoms with Gasteiger partial charge in [0.1, 0.15) is 11.9 Å². The predicted octanol–water partition coefficient (Wildman–Crippen LogP) is 1.99. The van der Waals surface area contributed by atoms with Crippen molar-refractivity contribution in [2.24, 2.45) is 0 Å². The van der Waals surface area contributed by atoms with Crippen LogP contribution in [0.25, 0.3) is 0 Å². The van der Waals surface area contributed by atoms with E-state index in [-0.39, 0.29) is 29.6 Å². The third-order valence-corrected chi connectivity index (χ3v) is 4.22. The smallest absolute Gasteiger partial charge is 0.320 e. The molecule has 1 fully saturated rings. The van der Waals surface area contributed by atoms with Crippen molar-refractivity contribution < 1.29 is 19.1 Å². The fourth-order valence-corrected chi connectivity index (χ4v) is 2.82. The number of aliphatic carboxylic acids is 1. The number of carbonyl (C=O) groups is 2. The Morgan fingerprint density at radius 1 is 1.50 bits per heavy atom. The molecule has 1 aromatic carbocycles. The van der Waals surface area contributed by atoms with E-state index in [1.807, 2.05) is 0 Å². The number of likely N-dealkylation sites (tertiary alicyclic amines) is 1. The number of nitrogens with zero attached hydrogens (tertiary/aromatic N) is 2. The minimum absolute atomic E-state index is 0.0134. The minimum Gasteiger partial charge on any atom is -0.480 e. The van der Waals surface area contributed by atoms with Gasteiger partial charge in [0.25, 0.3) is 0 Å². The lowest BCUT2D eigenvalue weighted by molar-refractivity contribution is -0.143. The van der Waals surface area contributed by atoms with E-state index in [1.165, 1.54) is 17.0 Å². The molecule has 1 N–H and O–H groups in total. The van der Waals surface area contributed by atoms with Crippen molar-refractivity contribution in [2.45, 2.75) is 25.4 Å². The van der Waals surface area contributed by atoms with Crippen LogP contribution in [-0.4, -0.2) is 53.0 Å². The zero-order chi connectivity index (χ0) is 16.3. The van der Waals surface area contributed by atoms with Gasteiger partial charge >= 0.3 is 5.97 Å². The van der Waals surface area contributed by atoms with Crippen molar-refractivity contribution in [2.75, 3.05) is 20.1 Å². The number of hydrogen-bond donors (Lipinski definition) is 1. The third kappa shape index (κ3) is 3.75. The van der Waals surface area contributed by atoms with Gasteiger partial charge < -0.3 is 10.0 Å². The Kier molecular flexibility index (Phi) is 5.37. The average Bonchev–Trinajstić information content (AvgIpc) is 2.91. The molecule has 0 unspecified atom stereocenters. The van der Waals surface area contributed by atoms with Crippen LogP contribution in [-0.2, 0) is 16.1 Å². The summed E-state index contributed by atoms with van der Waals surface area (Å²) >= 11 is 5.95. The summed E-state index contributed by atoms with van der Waals surface area (Å²) in [5.74, 6) is -1.63. The summed E-state index contributed by atoms with van der Waals surface area (Å²) < 4.78 is 13.7. The highest BCUT2D eigenvalue weighted by Gasteiger charge is 2.32. The lowest BCUT2D eigenvalue weighted by Gasteiger charge is -2.24. The molecule has 7 heteroatoms. The maximum atomic E-state index is 13.7. The first kappa shape index (κ1) is 16.7. The largest absolute Gasteiger partial charge is 0.480 e. The van der Waals surface area contributed by atoms with Crippen LogP contribution in [0.15, 0.2) is 18.2 Å². The van der Waals surface area contributed by atoms with Crippen LogP contribution in [0.2, 0.25) is 5.02 Å². The molecule has 1 heterocycles. The third-order valence-electron chi connectivity index (χ3n) is 3.87. The molecule has 0 aliphatic carbocycles. The van der Waals surface area contributed by atoms with Gasteiger partial charge in [0, 0.05) is 24.2 Å². The summed E-state index contributed by atoms with van der Waals surface area (Å²) in [5, 5.41) is 9.38. The fraction of sp³-hybridized carbons (Fsp3) is 0.467. The first-order chi connectivity index (χ1) is 10.4. The Labute approximate surface area is 133 Å². The van der Waals surface area contributed by atoms with Crippen LogP contribution in [0.4, 0.5) is 4.39 Å². The van der Waals surface area contributed by atoms with Gasteiger partial charge in [-0.2, -0.15) is 0 Å². The summed E-state index contributed by atoms with van der Waals surface area (Å²) in [6.45, 7) is 0.645. The normalized spacial score (nSPS) is 18.4. The number of carbonyl (C=O) groups excluding carboxylic acids is 1. The van der Waals surface area contributed by atoms with Gasteiger partial charge in [0.05, 0.1) is 6.54 Å². The molecule has 0 spiro atoms. The van der Waals surface area contributed by atoms with E-state index in [4.69, 9.17) is 16.7 Å². The van der Waals surface area contributed by atoms with Crippen molar-refractivity contribution in [1.82, 2.24) is 9.80 Å². The maximum Gasteiger partial charge on any atom is 0.320 e. The topological polar surface area (TPSA) is 60.9 Å². The number of halogens is 2. The number of carboxylic acids is 1. The highest BCUT2D eigenvalue weighted by atomic mass is 35.5. The number of carboxylic acid groups (broad SMARTS) is 1. The van der Waals surface area contributed by atoms with E-state index < -0.39 is 17.8 Å². The molecule has 1 atom stereocenters. The van der Waals surface area contributed by atoms with Crippen molar-refractivity contribution in [3.8, 4) is 0 Å². The van der Waals surface area contributed by atoms with Crippen LogP contribution >= 0.6 is 11.6 Å². The zero-order valence-corrected chi connectivity index (χ0v) is 13.0. The molecule has 1 aromatic rings. The Morgan fingerprint density at radius 3 is 2.86 bits per heavy atom. The van der Waals surface area contributed by atoms with Crippen LogP contribution < -0.4 is 0 Å². The van der Waals surface area contributed by atoms with Crippen molar-refractivity contribution >= 4 is 23.5 Å². The van der Waals surface area contributed by atoms with E-state index in [2.05, 4.69) is 0 Å². The number of rotatable bonds is 5. The highest BCUT2D eigenvalue weighted by molar-refractivity contribution is 6.31. The van der Waals surface area contributed by atoms with Crippen LogP contribution in [0, 0.1) is 5.82 Å². The summed E-state index contributed by atoms with van der Waals surface area (Å²) in [6.07, 6.45) is 1.30. The summed E-state index contributed by atoms with van der Waals surface area (Å²) in [5.41, 5.74) is 0.260. The molecule has 1 amide bonds. The molecular weight excluding hydrogens is 311 g/mol. The van der Waals surface area contributed by atoms with Crippen LogP contribution in [0.5, 0.6) is 0 Å². The van der Waals surface area contributed by atoms with Gasteiger partial charge in [-0.3, -0.25) is 14.5 Å². The van der Waals surface area contributed by atoms with E-state index in [9.17, 15) is 14.0 Å². The molecule has 5 nitrogen and oxygen atoms in total. The van der Waals surface area contributed by atoms with E-state index >= 15 is 0 Å². The summed E-state index contributed by atoms with van der Waals surface area (Å²) in [4.78, 5) is 26.3. The lowest BCUT2D eigenvalue weighted by Crippen LogP contribution is -2.43. The number of hydrogen-bond acceptors (Lipinski definition) is 3. The molecule has 22 heavy (non-hydrogen) atoms. The SMILES string of the molecule is CN(Cc1c(F)cccc1Cl)C(=O)CN1CCC[C@H]1C(=O)O. The Balaban J connectivity index is 1.99. The molecule has 0 aromatic heterocycles. The zero-order valence-electron chi connectivity index (χ0n) is 12.3. The standard InChI is InChI=1S/C15H18ClFN2O3/c1-18(8-10-11(16)4-2-5-12(10)17)14(20)9-19-7-3-6-13(19)15(21)22/h2,4-5,13H,3,6-9H2,1H3,(H,21,22)/t13-/m0/s1. The Hall–Kier alpha value is -1.66. The van der Waals surface area contributed by atoms with E-state index in [0.29, 0.717) is 13.0 Å². The first-order valence-electron chi connectivity index (χ1n) is 7.04. The second-order valence-electron chi connectivity index (χ2n) is 5.42. The maximum absolute atomic E-state index is 13.7. The van der Waals surface area contributed by atoms with Crippen molar-refractivity contribution in [3.63, 3.8) is 0 Å². The number of amides is 1. The second-order valence-corrected chi connectivity index (χ2v) is 5.82. The van der Waals surface area contributed by atoms with Crippen molar-refractivity contribution in [1.29, 1.82) is 0 Å². The van der Waals surface area contributed by atoms with Crippen molar-refractivity contribution in [3.05, 3.63) is 34.6 Å². The Morgan fingerprint density at radius 2 is 2.23 bits per heavy atom. The van der Waals surface area contributed by atoms with Gasteiger partial charge in [-0.25, -0.2) is 4.39 Å². The molecule has 1 aliphatic rings. The summed E-state index contributed by atoms with van der Waals surface area (Å²) in [7, 11) is 1.55. The summed E-state index contributed by atoms with van der Waals surface area (Å²) in [6, 6.07) is 3.75. The number of likely N-dealkylation sites (N-methyl/N-ethyl adjacent to an activating group) is 1. The van der Waals surface area contributed by atoms with Crippen LogP contribution in [0.3, 0.4) is 0 Å². The van der Waals surface area contributed by atoms with E-state index in [0.717, 1.165) is 6.42 Å². The van der Waals surface area contributed by atoms with Gasteiger partial charge in [0.2, 0.25) is 5.91 Å². The molecular formula is C15H18ClFN2O3. The second kappa shape index (κ2) is 7.07. The molecule has 1 saturated heterocycles. The molecule has 0 radical (unpaired) electrons. The molecule has 0 bridgehead atoms. The minimum atomic E-state index is -0.912. The molecule has 0 saturated carbocycles. The number of benzene rings is 1. The van der Waals surface area contributed by atoms with Crippen LogP contribution in [0.1, 0.15) is 18.4 Å². The lowest BCUT2D eigenvalue weighted by atomic mass is 10.2. The van der Waals surface area contributed by atoms with Gasteiger partial charge in [-0.15, -0.1) is 0 Å². The van der Waals surface area contributed by atoms with Gasteiger partial charge in [0.15, 0.2) is 0 Å². The predicted molar refractivity (Wildman–Crippen MR) is 80.1 cm³/mol. The quantitative estimate of drug-likeness (QED) is 0.898. The molecule has 120 valence electrons. The van der Waals surface area contributed by atoms with Gasteiger partial charge in [-0.1, -0.05) is 17.7 Å². The first-order valence-corrected chi connectivity index (χ1v) is 7.41. The molecule has 2 rings (SSSR count). The molecule has 1 aliphatic heterocycles. The fourth-order valence-electron chi connectivity index (χ4n) is 2.60. The average molecular weight is 329 g/mol. The van der Waals surface area contributed by atoms with Gasteiger partial charge in [-0.05, 0) is 31.5 Å². The van der Waals surface area contributed by atoms with E-state index in [1.54, 1.807) is 18.0 Å².